The summed E-state index contributed by atoms with van der Waals surface area (Å²) in [5.41, 5.74) is 0. The molecule has 1 amide bonds. The molecular weight excluding hydrogens is 200 g/mol. The van der Waals surface area contributed by atoms with Gasteiger partial charge in [-0.25, -0.2) is 4.98 Å². The summed E-state index contributed by atoms with van der Waals surface area (Å²) in [5, 5.41) is 17.4. The van der Waals surface area contributed by atoms with Crippen LogP contribution in [0.3, 0.4) is 0 Å². The SMILES string of the molecule is COCC(CCO)NC(=O)c1ncn[nH]1. The highest BCUT2D eigenvalue weighted by atomic mass is 16.5. The summed E-state index contributed by atoms with van der Waals surface area (Å²) in [6.45, 7) is 0.338. The molecule has 1 aromatic rings. The lowest BCUT2D eigenvalue weighted by Crippen LogP contribution is -2.39. The first kappa shape index (κ1) is 11.6. The van der Waals surface area contributed by atoms with Gasteiger partial charge in [0.2, 0.25) is 5.82 Å². The predicted molar refractivity (Wildman–Crippen MR) is 51.2 cm³/mol. The van der Waals surface area contributed by atoms with E-state index in [2.05, 4.69) is 20.5 Å². The molecule has 1 aromatic heterocycles. The van der Waals surface area contributed by atoms with Gasteiger partial charge in [0.1, 0.15) is 6.33 Å². The molecule has 0 aliphatic rings. The topological polar surface area (TPSA) is 100 Å². The van der Waals surface area contributed by atoms with Gasteiger partial charge in [-0.1, -0.05) is 0 Å². The third-order valence-corrected chi connectivity index (χ3v) is 1.81. The Hall–Kier alpha value is -1.47. The summed E-state index contributed by atoms with van der Waals surface area (Å²) in [7, 11) is 1.53. The Labute approximate surface area is 86.9 Å². The van der Waals surface area contributed by atoms with Crippen LogP contribution in [0.2, 0.25) is 0 Å². The van der Waals surface area contributed by atoms with Gasteiger partial charge >= 0.3 is 0 Å². The first-order valence-electron chi connectivity index (χ1n) is 4.54. The molecule has 0 radical (unpaired) electrons. The molecule has 0 saturated carbocycles. The van der Waals surface area contributed by atoms with E-state index < -0.39 is 0 Å². The molecule has 0 saturated heterocycles. The number of methoxy groups -OCH3 is 1. The first-order chi connectivity index (χ1) is 7.27. The number of ether oxygens (including phenoxy) is 1. The molecule has 7 heteroatoms. The lowest BCUT2D eigenvalue weighted by Gasteiger charge is -2.15. The van der Waals surface area contributed by atoms with Crippen LogP contribution in [-0.2, 0) is 4.74 Å². The fraction of sp³-hybridized carbons (Fsp3) is 0.625. The smallest absolute Gasteiger partial charge is 0.288 e. The summed E-state index contributed by atoms with van der Waals surface area (Å²) in [5.74, 6) is -0.211. The number of carbonyl (C=O) groups excluding carboxylic acids is 1. The van der Waals surface area contributed by atoms with E-state index in [1.807, 2.05) is 0 Å². The van der Waals surface area contributed by atoms with E-state index in [9.17, 15) is 4.79 Å². The van der Waals surface area contributed by atoms with Crippen LogP contribution in [0.1, 0.15) is 17.0 Å². The Kier molecular flexibility index (Phi) is 4.72. The molecule has 0 aliphatic heterocycles. The Balaban J connectivity index is 2.47. The average molecular weight is 214 g/mol. The zero-order valence-corrected chi connectivity index (χ0v) is 8.43. The van der Waals surface area contributed by atoms with Crippen molar-refractivity contribution in [3.8, 4) is 0 Å². The van der Waals surface area contributed by atoms with Crippen LogP contribution >= 0.6 is 0 Å². The molecular formula is C8H14N4O3. The third kappa shape index (κ3) is 3.64. The van der Waals surface area contributed by atoms with Crippen molar-refractivity contribution in [1.82, 2.24) is 20.5 Å². The maximum atomic E-state index is 11.5. The molecule has 3 N–H and O–H groups in total. The van der Waals surface area contributed by atoms with Crippen molar-refractivity contribution in [2.45, 2.75) is 12.5 Å². The van der Waals surface area contributed by atoms with Crippen molar-refractivity contribution < 1.29 is 14.6 Å². The second-order valence-corrected chi connectivity index (χ2v) is 2.97. The highest BCUT2D eigenvalue weighted by molar-refractivity contribution is 5.90. The number of amides is 1. The van der Waals surface area contributed by atoms with Crippen molar-refractivity contribution in [1.29, 1.82) is 0 Å². The quantitative estimate of drug-likeness (QED) is 0.560. The van der Waals surface area contributed by atoms with Crippen molar-refractivity contribution in [3.63, 3.8) is 0 Å². The highest BCUT2D eigenvalue weighted by Gasteiger charge is 2.14. The number of carbonyl (C=O) groups is 1. The minimum Gasteiger partial charge on any atom is -0.396 e. The number of nitrogens with one attached hydrogen (secondary N) is 2. The van der Waals surface area contributed by atoms with Gasteiger partial charge in [-0.05, 0) is 6.42 Å². The maximum absolute atomic E-state index is 11.5. The van der Waals surface area contributed by atoms with Gasteiger partial charge in [0.05, 0.1) is 12.6 Å². The summed E-state index contributed by atoms with van der Waals surface area (Å²) in [6.07, 6.45) is 1.69. The fourth-order valence-electron chi connectivity index (χ4n) is 1.12. The van der Waals surface area contributed by atoms with Gasteiger partial charge in [-0.3, -0.25) is 9.89 Å². The summed E-state index contributed by atoms with van der Waals surface area (Å²) >= 11 is 0. The van der Waals surface area contributed by atoms with Gasteiger partial charge in [0.25, 0.3) is 5.91 Å². The summed E-state index contributed by atoms with van der Waals surface area (Å²) in [4.78, 5) is 15.2. The first-order valence-corrected chi connectivity index (χ1v) is 4.54. The molecule has 1 heterocycles. The van der Waals surface area contributed by atoms with Crippen LogP contribution in [0.4, 0.5) is 0 Å². The Bertz CT molecular complexity index is 282. The molecule has 0 aliphatic carbocycles. The lowest BCUT2D eigenvalue weighted by molar-refractivity contribution is 0.0869. The van der Waals surface area contributed by atoms with Crippen LogP contribution in [0.15, 0.2) is 6.33 Å². The molecule has 0 aromatic carbocycles. The van der Waals surface area contributed by atoms with Gasteiger partial charge < -0.3 is 15.2 Å². The van der Waals surface area contributed by atoms with Crippen LogP contribution in [-0.4, -0.2) is 52.6 Å². The molecule has 84 valence electrons. The number of hydrogen-bond donors (Lipinski definition) is 3. The van der Waals surface area contributed by atoms with Crippen molar-refractivity contribution in [3.05, 3.63) is 12.2 Å². The van der Waals surface area contributed by atoms with Crippen LogP contribution in [0, 0.1) is 0 Å². The number of aromatic nitrogens is 3. The van der Waals surface area contributed by atoms with Crippen LogP contribution in [0.5, 0.6) is 0 Å². The number of H-pyrrole nitrogens is 1. The van der Waals surface area contributed by atoms with Crippen molar-refractivity contribution in [2.24, 2.45) is 0 Å². The Morgan fingerprint density at radius 1 is 1.80 bits per heavy atom. The van der Waals surface area contributed by atoms with E-state index >= 15 is 0 Å². The number of aliphatic hydroxyl groups is 1. The number of aliphatic hydroxyl groups excluding tert-OH is 1. The standard InChI is InChI=1S/C8H14N4O3/c1-15-4-6(2-3-13)11-8(14)7-9-5-10-12-7/h5-6,13H,2-4H2,1H3,(H,11,14)(H,9,10,12). The maximum Gasteiger partial charge on any atom is 0.288 e. The molecule has 0 fully saturated rings. The summed E-state index contributed by atoms with van der Waals surface area (Å²) in [6, 6.07) is -0.224. The highest BCUT2D eigenvalue weighted by Crippen LogP contribution is 1.94. The molecule has 0 bridgehead atoms. The lowest BCUT2D eigenvalue weighted by atomic mass is 10.2. The van der Waals surface area contributed by atoms with E-state index in [1.54, 1.807) is 0 Å². The molecule has 15 heavy (non-hydrogen) atoms. The average Bonchev–Trinajstić information content (AvgIpc) is 2.71. The monoisotopic (exact) mass is 214 g/mol. The minimum atomic E-state index is -0.358. The van der Waals surface area contributed by atoms with Crippen molar-refractivity contribution >= 4 is 5.91 Å². The number of nitrogens with zero attached hydrogens (tertiary/aromatic N) is 2. The third-order valence-electron chi connectivity index (χ3n) is 1.81. The second kappa shape index (κ2) is 6.10. The van der Waals surface area contributed by atoms with Crippen molar-refractivity contribution in [2.75, 3.05) is 20.3 Å². The summed E-state index contributed by atoms with van der Waals surface area (Å²) < 4.78 is 4.90. The van der Waals surface area contributed by atoms with E-state index in [-0.39, 0.29) is 24.4 Å². The van der Waals surface area contributed by atoms with Gasteiger partial charge in [-0.15, -0.1) is 0 Å². The van der Waals surface area contributed by atoms with Crippen LogP contribution < -0.4 is 5.32 Å². The van der Waals surface area contributed by atoms with E-state index in [4.69, 9.17) is 9.84 Å². The molecule has 0 spiro atoms. The Morgan fingerprint density at radius 3 is 3.13 bits per heavy atom. The molecule has 1 rings (SSSR count). The molecule has 1 atom stereocenters. The molecule has 1 unspecified atom stereocenters. The van der Waals surface area contributed by atoms with Gasteiger partial charge in [-0.2, -0.15) is 5.10 Å². The van der Waals surface area contributed by atoms with Gasteiger partial charge in [0, 0.05) is 13.7 Å². The van der Waals surface area contributed by atoms with E-state index in [1.165, 1.54) is 13.4 Å². The zero-order valence-electron chi connectivity index (χ0n) is 8.43. The van der Waals surface area contributed by atoms with E-state index in [0.717, 1.165) is 0 Å². The largest absolute Gasteiger partial charge is 0.396 e. The normalized spacial score (nSPS) is 12.4. The Morgan fingerprint density at radius 2 is 2.60 bits per heavy atom. The predicted octanol–water partition coefficient (Wildman–Crippen LogP) is -1.07. The van der Waals surface area contributed by atoms with Gasteiger partial charge in [0.15, 0.2) is 0 Å². The van der Waals surface area contributed by atoms with Crippen LogP contribution in [0.25, 0.3) is 0 Å². The number of hydrogen-bond acceptors (Lipinski definition) is 5. The minimum absolute atomic E-state index is 0.00921. The number of rotatable bonds is 6. The zero-order chi connectivity index (χ0) is 11.1. The fourth-order valence-corrected chi connectivity index (χ4v) is 1.12. The number of aromatic amines is 1. The van der Waals surface area contributed by atoms with E-state index in [0.29, 0.717) is 13.0 Å². The molecule has 7 nitrogen and oxygen atoms in total. The second-order valence-electron chi connectivity index (χ2n) is 2.97.